The zero-order valence-electron chi connectivity index (χ0n) is 23.5. The minimum atomic E-state index is -4.40. The van der Waals surface area contributed by atoms with E-state index < -0.39 is 35.5 Å². The maximum atomic E-state index is 13.6. The van der Waals surface area contributed by atoms with E-state index in [1.165, 1.54) is 12.1 Å². The molecule has 1 fully saturated rings. The third-order valence-corrected chi connectivity index (χ3v) is 7.46. The Kier molecular flexibility index (Phi) is 10.8. The fourth-order valence-electron chi connectivity index (χ4n) is 5.41. The first kappa shape index (κ1) is 31.2. The van der Waals surface area contributed by atoms with Crippen molar-refractivity contribution in [3.8, 4) is 11.1 Å². The molecule has 3 N–H and O–H groups in total. The number of likely N-dealkylation sites (tertiary alicyclic amines) is 1. The van der Waals surface area contributed by atoms with Gasteiger partial charge in [-0.2, -0.15) is 13.2 Å². The Morgan fingerprint density at radius 3 is 2.35 bits per heavy atom. The second-order valence-electron chi connectivity index (χ2n) is 11.1. The van der Waals surface area contributed by atoms with Crippen LogP contribution in [0, 0.1) is 17.8 Å². The number of amides is 3. The largest absolute Gasteiger partial charge is 0.416 e. The number of carbonyl (C=O) groups excluding carboxylic acids is 3. The molecular formula is C31H40F3N3O3. The molecule has 2 unspecified atom stereocenters. The molecule has 0 spiro atoms. The Morgan fingerprint density at radius 2 is 1.75 bits per heavy atom. The quantitative estimate of drug-likeness (QED) is 0.357. The molecule has 2 aromatic carbocycles. The summed E-state index contributed by atoms with van der Waals surface area (Å²) in [5.74, 6) is -1.99. The van der Waals surface area contributed by atoms with Crippen molar-refractivity contribution in [2.24, 2.45) is 23.5 Å². The monoisotopic (exact) mass is 559 g/mol. The summed E-state index contributed by atoms with van der Waals surface area (Å²) >= 11 is 0. The molecule has 1 saturated heterocycles. The molecule has 2 aromatic rings. The van der Waals surface area contributed by atoms with Crippen LogP contribution in [0.5, 0.6) is 0 Å². The Labute approximate surface area is 234 Å². The molecule has 1 heterocycles. The molecule has 0 bridgehead atoms. The van der Waals surface area contributed by atoms with Gasteiger partial charge in [-0.05, 0) is 72.9 Å². The van der Waals surface area contributed by atoms with Gasteiger partial charge >= 0.3 is 6.18 Å². The smallest absolute Gasteiger partial charge is 0.369 e. The Balaban J connectivity index is 1.75. The SMILES string of the molecule is CCCC(C(N)=O)C(CC(C)C)C(=O)N[C@H]1CCCCN(Cc2cccc(-c3ccc(C(F)(F)F)cc3)c2)C1=O. The molecule has 1 aliphatic rings. The van der Waals surface area contributed by atoms with Gasteiger partial charge in [0.2, 0.25) is 17.7 Å². The van der Waals surface area contributed by atoms with Crippen LogP contribution in [0.3, 0.4) is 0 Å². The molecule has 6 nitrogen and oxygen atoms in total. The number of rotatable bonds is 11. The molecule has 218 valence electrons. The highest BCUT2D eigenvalue weighted by Crippen LogP contribution is 2.31. The van der Waals surface area contributed by atoms with Crippen molar-refractivity contribution in [2.75, 3.05) is 6.54 Å². The molecule has 0 radical (unpaired) electrons. The van der Waals surface area contributed by atoms with Gasteiger partial charge in [0.05, 0.1) is 5.56 Å². The van der Waals surface area contributed by atoms with E-state index in [1.807, 2.05) is 45.0 Å². The number of alkyl halides is 3. The number of hydrogen-bond acceptors (Lipinski definition) is 3. The van der Waals surface area contributed by atoms with Gasteiger partial charge in [-0.1, -0.05) is 57.5 Å². The second kappa shape index (κ2) is 13.8. The zero-order chi connectivity index (χ0) is 29.4. The van der Waals surface area contributed by atoms with Crippen LogP contribution in [-0.4, -0.2) is 35.2 Å². The topological polar surface area (TPSA) is 92.5 Å². The van der Waals surface area contributed by atoms with Gasteiger partial charge in [0.25, 0.3) is 0 Å². The Bertz CT molecular complexity index is 1160. The Morgan fingerprint density at radius 1 is 1.05 bits per heavy atom. The number of benzene rings is 2. The lowest BCUT2D eigenvalue weighted by Gasteiger charge is -2.29. The van der Waals surface area contributed by atoms with E-state index in [9.17, 15) is 27.6 Å². The van der Waals surface area contributed by atoms with Crippen molar-refractivity contribution >= 4 is 17.7 Å². The molecule has 40 heavy (non-hydrogen) atoms. The lowest BCUT2D eigenvalue weighted by Crippen LogP contribution is -2.50. The van der Waals surface area contributed by atoms with Gasteiger partial charge < -0.3 is 16.0 Å². The first-order valence-electron chi connectivity index (χ1n) is 14.1. The number of nitrogens with one attached hydrogen (secondary N) is 1. The van der Waals surface area contributed by atoms with Crippen LogP contribution in [0.2, 0.25) is 0 Å². The minimum Gasteiger partial charge on any atom is -0.369 e. The van der Waals surface area contributed by atoms with E-state index >= 15 is 0 Å². The molecule has 0 aliphatic carbocycles. The minimum absolute atomic E-state index is 0.174. The van der Waals surface area contributed by atoms with Crippen LogP contribution in [-0.2, 0) is 27.1 Å². The summed E-state index contributed by atoms with van der Waals surface area (Å²) in [6.07, 6.45) is -0.604. The lowest BCUT2D eigenvalue weighted by atomic mass is 9.81. The summed E-state index contributed by atoms with van der Waals surface area (Å²) in [5.41, 5.74) is 7.20. The standard InChI is InChI=1S/C31H40F3N3O3/c1-4-8-25(28(35)38)26(17-20(2)3)29(39)36-27-11-5-6-16-37(30(27)40)19-21-9-7-10-23(18-21)22-12-14-24(15-13-22)31(32,33)34/h7,9-10,12-15,18,20,25-27H,4-6,8,11,16-17,19H2,1-3H3,(H2,35,38)(H,36,39)/t25?,26?,27-/m0/s1. The van der Waals surface area contributed by atoms with Crippen LogP contribution in [0.1, 0.15) is 70.4 Å². The Hall–Kier alpha value is -3.36. The van der Waals surface area contributed by atoms with E-state index in [-0.39, 0.29) is 17.7 Å². The summed E-state index contributed by atoms with van der Waals surface area (Å²) in [6.45, 7) is 6.77. The van der Waals surface area contributed by atoms with E-state index in [0.717, 1.165) is 42.5 Å². The van der Waals surface area contributed by atoms with Gasteiger partial charge in [0.1, 0.15) is 6.04 Å². The number of carbonyl (C=O) groups is 3. The van der Waals surface area contributed by atoms with Crippen LogP contribution < -0.4 is 11.1 Å². The highest BCUT2D eigenvalue weighted by molar-refractivity contribution is 5.91. The third-order valence-electron chi connectivity index (χ3n) is 7.46. The van der Waals surface area contributed by atoms with E-state index in [1.54, 1.807) is 4.90 Å². The maximum Gasteiger partial charge on any atom is 0.416 e. The van der Waals surface area contributed by atoms with Gasteiger partial charge in [0, 0.05) is 24.9 Å². The average Bonchev–Trinajstić information content (AvgIpc) is 3.06. The van der Waals surface area contributed by atoms with Crippen LogP contribution in [0.25, 0.3) is 11.1 Å². The number of primary amides is 1. The van der Waals surface area contributed by atoms with Crippen LogP contribution >= 0.6 is 0 Å². The van der Waals surface area contributed by atoms with Gasteiger partial charge in [-0.15, -0.1) is 0 Å². The molecule has 0 aromatic heterocycles. The molecule has 9 heteroatoms. The van der Waals surface area contributed by atoms with Crippen LogP contribution in [0.15, 0.2) is 48.5 Å². The van der Waals surface area contributed by atoms with Crippen molar-refractivity contribution in [1.82, 2.24) is 10.2 Å². The predicted octanol–water partition coefficient (Wildman–Crippen LogP) is 5.93. The number of nitrogens with zero attached hydrogens (tertiary/aromatic N) is 1. The average molecular weight is 560 g/mol. The molecule has 1 aliphatic heterocycles. The molecule has 3 atom stereocenters. The van der Waals surface area contributed by atoms with Crippen LogP contribution in [0.4, 0.5) is 13.2 Å². The summed E-state index contributed by atoms with van der Waals surface area (Å²) in [6, 6.07) is 11.7. The fraction of sp³-hybridized carbons (Fsp3) is 0.516. The predicted molar refractivity (Wildman–Crippen MR) is 149 cm³/mol. The first-order valence-corrected chi connectivity index (χ1v) is 14.1. The first-order chi connectivity index (χ1) is 18.9. The highest BCUT2D eigenvalue weighted by Gasteiger charge is 2.36. The van der Waals surface area contributed by atoms with Gasteiger partial charge in [-0.3, -0.25) is 14.4 Å². The summed E-state index contributed by atoms with van der Waals surface area (Å²) in [4.78, 5) is 40.9. The van der Waals surface area contributed by atoms with Gasteiger partial charge in [0.15, 0.2) is 0 Å². The molecular weight excluding hydrogens is 519 g/mol. The number of hydrogen-bond donors (Lipinski definition) is 2. The van der Waals surface area contributed by atoms with E-state index in [0.29, 0.717) is 37.9 Å². The van der Waals surface area contributed by atoms with E-state index in [2.05, 4.69) is 5.32 Å². The second-order valence-corrected chi connectivity index (χ2v) is 11.1. The summed E-state index contributed by atoms with van der Waals surface area (Å²) in [7, 11) is 0. The van der Waals surface area contributed by atoms with Crippen molar-refractivity contribution in [3.63, 3.8) is 0 Å². The highest BCUT2D eigenvalue weighted by atomic mass is 19.4. The summed E-state index contributed by atoms with van der Waals surface area (Å²) < 4.78 is 38.9. The zero-order valence-corrected chi connectivity index (χ0v) is 23.5. The molecule has 0 saturated carbocycles. The molecule has 3 rings (SSSR count). The lowest BCUT2D eigenvalue weighted by molar-refractivity contribution is -0.139. The number of halogens is 3. The third kappa shape index (κ3) is 8.32. The normalized spacial score (nSPS) is 17.8. The van der Waals surface area contributed by atoms with Crippen molar-refractivity contribution in [1.29, 1.82) is 0 Å². The van der Waals surface area contributed by atoms with Crippen molar-refractivity contribution in [2.45, 2.75) is 78.1 Å². The van der Waals surface area contributed by atoms with Gasteiger partial charge in [-0.25, -0.2) is 0 Å². The van der Waals surface area contributed by atoms with E-state index in [4.69, 9.17) is 5.73 Å². The van der Waals surface area contributed by atoms with Crippen molar-refractivity contribution < 1.29 is 27.6 Å². The fourth-order valence-corrected chi connectivity index (χ4v) is 5.41. The molecule has 3 amide bonds. The summed E-state index contributed by atoms with van der Waals surface area (Å²) in [5, 5.41) is 2.95. The van der Waals surface area contributed by atoms with Crippen molar-refractivity contribution in [3.05, 3.63) is 59.7 Å². The maximum absolute atomic E-state index is 13.6. The number of nitrogens with two attached hydrogens (primary N) is 1.